The lowest BCUT2D eigenvalue weighted by Crippen LogP contribution is -2.43. The molecule has 1 atom stereocenters. The molecule has 0 bridgehead atoms. The summed E-state index contributed by atoms with van der Waals surface area (Å²) in [6, 6.07) is 8.14. The van der Waals surface area contributed by atoms with Crippen molar-refractivity contribution in [2.45, 2.75) is 10.4 Å². The third-order valence-electron chi connectivity index (χ3n) is 2.47. The monoisotopic (exact) mass is 240 g/mol. The first-order chi connectivity index (χ1) is 7.86. The number of benzene rings is 1. The number of rotatable bonds is 5. The SMILES string of the molecule is OCCNC1Sc2ccccc2N1CCO. The Morgan fingerprint density at radius 1 is 1.25 bits per heavy atom. The Kier molecular flexibility index (Phi) is 4.06. The average Bonchev–Trinajstić information content (AvgIpc) is 2.66. The van der Waals surface area contributed by atoms with E-state index in [1.165, 1.54) is 4.90 Å². The van der Waals surface area contributed by atoms with E-state index in [4.69, 9.17) is 10.2 Å². The van der Waals surface area contributed by atoms with Gasteiger partial charge in [0.2, 0.25) is 0 Å². The fraction of sp³-hybridized carbons (Fsp3) is 0.455. The van der Waals surface area contributed by atoms with Crippen molar-refractivity contribution in [3.63, 3.8) is 0 Å². The van der Waals surface area contributed by atoms with Crippen molar-refractivity contribution in [1.82, 2.24) is 5.32 Å². The molecule has 3 N–H and O–H groups in total. The molecule has 0 saturated carbocycles. The molecule has 0 spiro atoms. The predicted octanol–water partition coefficient (Wildman–Crippen LogP) is 0.456. The average molecular weight is 240 g/mol. The summed E-state index contributed by atoms with van der Waals surface area (Å²) < 4.78 is 0. The molecule has 0 amide bonds. The molecule has 1 aliphatic rings. The molecule has 0 aromatic heterocycles. The van der Waals surface area contributed by atoms with Crippen LogP contribution in [0.1, 0.15) is 0 Å². The van der Waals surface area contributed by atoms with Crippen molar-refractivity contribution < 1.29 is 10.2 Å². The van der Waals surface area contributed by atoms with Crippen LogP contribution in [0.4, 0.5) is 5.69 Å². The van der Waals surface area contributed by atoms with E-state index in [0.29, 0.717) is 13.1 Å². The smallest absolute Gasteiger partial charge is 0.133 e. The number of anilines is 1. The summed E-state index contributed by atoms with van der Waals surface area (Å²) in [4.78, 5) is 3.33. The van der Waals surface area contributed by atoms with Gasteiger partial charge in [-0.1, -0.05) is 23.9 Å². The Balaban J connectivity index is 2.13. The van der Waals surface area contributed by atoms with Crippen LogP contribution in [0.5, 0.6) is 0 Å². The molecule has 4 nitrogen and oxygen atoms in total. The summed E-state index contributed by atoms with van der Waals surface area (Å²) >= 11 is 1.72. The van der Waals surface area contributed by atoms with Gasteiger partial charge in [0.25, 0.3) is 0 Å². The zero-order valence-corrected chi connectivity index (χ0v) is 9.78. The lowest BCUT2D eigenvalue weighted by Gasteiger charge is -2.26. The quantitative estimate of drug-likeness (QED) is 0.698. The molecule has 1 heterocycles. The summed E-state index contributed by atoms with van der Waals surface area (Å²) in [5.74, 6) is 0. The van der Waals surface area contributed by atoms with Gasteiger partial charge < -0.3 is 15.1 Å². The number of nitrogens with one attached hydrogen (secondary N) is 1. The number of thioether (sulfide) groups is 1. The van der Waals surface area contributed by atoms with Crippen LogP contribution >= 0.6 is 11.8 Å². The molecule has 0 saturated heterocycles. The van der Waals surface area contributed by atoms with Gasteiger partial charge in [0, 0.05) is 18.0 Å². The summed E-state index contributed by atoms with van der Waals surface area (Å²) in [6.45, 7) is 1.42. The largest absolute Gasteiger partial charge is 0.395 e. The number of β-amino-alcohol motifs (C(OH)–C–C–N with tert-alkyl or cyclic N) is 1. The number of nitrogens with zero attached hydrogens (tertiary/aromatic N) is 1. The number of hydrogen-bond acceptors (Lipinski definition) is 5. The molecule has 1 aromatic carbocycles. The van der Waals surface area contributed by atoms with Crippen molar-refractivity contribution in [1.29, 1.82) is 0 Å². The summed E-state index contributed by atoms with van der Waals surface area (Å²) in [5, 5.41) is 21.1. The van der Waals surface area contributed by atoms with Gasteiger partial charge in [0.15, 0.2) is 0 Å². The Labute approximate surface area is 99.3 Å². The minimum atomic E-state index is 0.108. The van der Waals surface area contributed by atoms with Gasteiger partial charge in [-0.3, -0.25) is 5.32 Å². The van der Waals surface area contributed by atoms with Gasteiger partial charge >= 0.3 is 0 Å². The second-order valence-corrected chi connectivity index (χ2v) is 4.65. The molecule has 0 radical (unpaired) electrons. The zero-order chi connectivity index (χ0) is 11.4. The van der Waals surface area contributed by atoms with Crippen LogP contribution in [0.15, 0.2) is 29.2 Å². The Morgan fingerprint density at radius 3 is 2.81 bits per heavy atom. The van der Waals surface area contributed by atoms with E-state index in [9.17, 15) is 0 Å². The summed E-state index contributed by atoms with van der Waals surface area (Å²) in [7, 11) is 0. The first-order valence-corrected chi connectivity index (χ1v) is 6.22. The van der Waals surface area contributed by atoms with Crippen molar-refractivity contribution >= 4 is 17.4 Å². The van der Waals surface area contributed by atoms with Crippen LogP contribution in [-0.2, 0) is 0 Å². The van der Waals surface area contributed by atoms with E-state index in [2.05, 4.69) is 22.3 Å². The summed E-state index contributed by atoms with van der Waals surface area (Å²) in [6.07, 6.45) is 0. The lowest BCUT2D eigenvalue weighted by molar-refractivity contribution is 0.284. The number of hydrogen-bond donors (Lipinski definition) is 3. The highest BCUT2D eigenvalue weighted by atomic mass is 32.2. The van der Waals surface area contributed by atoms with E-state index in [1.807, 2.05) is 12.1 Å². The van der Waals surface area contributed by atoms with Crippen LogP contribution in [0.3, 0.4) is 0 Å². The number of para-hydroxylation sites is 1. The minimum Gasteiger partial charge on any atom is -0.395 e. The number of fused-ring (bicyclic) bond motifs is 1. The molecule has 2 rings (SSSR count). The number of aliphatic hydroxyl groups is 2. The molecule has 0 fully saturated rings. The first-order valence-electron chi connectivity index (χ1n) is 5.34. The van der Waals surface area contributed by atoms with Crippen molar-refractivity contribution in [3.8, 4) is 0 Å². The van der Waals surface area contributed by atoms with E-state index >= 15 is 0 Å². The highest BCUT2D eigenvalue weighted by molar-refractivity contribution is 8.00. The van der Waals surface area contributed by atoms with E-state index in [1.54, 1.807) is 11.8 Å². The standard InChI is InChI=1S/C11H16N2O2S/c14-7-5-12-11-13(6-8-15)9-3-1-2-4-10(9)16-11/h1-4,11-12,14-15H,5-8H2. The maximum Gasteiger partial charge on any atom is 0.133 e. The zero-order valence-electron chi connectivity index (χ0n) is 8.97. The van der Waals surface area contributed by atoms with Gasteiger partial charge in [-0.25, -0.2) is 0 Å². The lowest BCUT2D eigenvalue weighted by atomic mass is 10.3. The Hall–Kier alpha value is -0.750. The highest BCUT2D eigenvalue weighted by Gasteiger charge is 2.28. The maximum absolute atomic E-state index is 9.07. The van der Waals surface area contributed by atoms with Crippen LogP contribution in [0, 0.1) is 0 Å². The Morgan fingerprint density at radius 2 is 2.06 bits per heavy atom. The molecular weight excluding hydrogens is 224 g/mol. The fourth-order valence-electron chi connectivity index (χ4n) is 1.79. The van der Waals surface area contributed by atoms with E-state index < -0.39 is 0 Å². The molecule has 0 aliphatic carbocycles. The Bertz CT molecular complexity index is 349. The van der Waals surface area contributed by atoms with Crippen LogP contribution in [0.2, 0.25) is 0 Å². The van der Waals surface area contributed by atoms with Gasteiger partial charge in [0.1, 0.15) is 5.50 Å². The van der Waals surface area contributed by atoms with Crippen LogP contribution in [-0.4, -0.2) is 42.0 Å². The van der Waals surface area contributed by atoms with Crippen LogP contribution in [0.25, 0.3) is 0 Å². The summed E-state index contributed by atoms with van der Waals surface area (Å²) in [5.41, 5.74) is 1.26. The molecule has 1 aromatic rings. The minimum absolute atomic E-state index is 0.108. The molecule has 1 aliphatic heterocycles. The maximum atomic E-state index is 9.07. The fourth-order valence-corrected chi connectivity index (χ4v) is 3.04. The van der Waals surface area contributed by atoms with E-state index in [-0.39, 0.29) is 18.7 Å². The second-order valence-electron chi connectivity index (χ2n) is 3.53. The van der Waals surface area contributed by atoms with Gasteiger partial charge in [-0.2, -0.15) is 0 Å². The third kappa shape index (κ3) is 2.32. The molecule has 88 valence electrons. The molecule has 16 heavy (non-hydrogen) atoms. The van der Waals surface area contributed by atoms with E-state index in [0.717, 1.165) is 5.69 Å². The topological polar surface area (TPSA) is 55.7 Å². The molecular formula is C11H16N2O2S. The van der Waals surface area contributed by atoms with Crippen molar-refractivity contribution in [3.05, 3.63) is 24.3 Å². The third-order valence-corrected chi connectivity index (χ3v) is 3.71. The van der Waals surface area contributed by atoms with Crippen molar-refractivity contribution in [2.75, 3.05) is 31.2 Å². The normalized spacial score (nSPS) is 18.9. The predicted molar refractivity (Wildman–Crippen MR) is 65.6 cm³/mol. The highest BCUT2D eigenvalue weighted by Crippen LogP contribution is 2.41. The van der Waals surface area contributed by atoms with Gasteiger partial charge in [0.05, 0.1) is 18.9 Å². The molecule has 5 heteroatoms. The van der Waals surface area contributed by atoms with Gasteiger partial charge in [-0.15, -0.1) is 0 Å². The van der Waals surface area contributed by atoms with Crippen molar-refractivity contribution in [2.24, 2.45) is 0 Å². The second kappa shape index (κ2) is 5.54. The van der Waals surface area contributed by atoms with Crippen LogP contribution < -0.4 is 10.2 Å². The molecule has 1 unspecified atom stereocenters. The van der Waals surface area contributed by atoms with Gasteiger partial charge in [-0.05, 0) is 12.1 Å². The first kappa shape index (κ1) is 11.7. The number of aliphatic hydroxyl groups excluding tert-OH is 2.